The molecule has 1 atom stereocenters. The lowest BCUT2D eigenvalue weighted by molar-refractivity contribution is -0.192. The third-order valence-corrected chi connectivity index (χ3v) is 5.06. The van der Waals surface area contributed by atoms with Crippen molar-refractivity contribution in [2.75, 3.05) is 13.2 Å². The summed E-state index contributed by atoms with van der Waals surface area (Å²) < 4.78 is 39.4. The Morgan fingerprint density at radius 1 is 1.34 bits per heavy atom. The van der Waals surface area contributed by atoms with Crippen LogP contribution in [0.15, 0.2) is 41.4 Å². The Labute approximate surface area is 183 Å². The first-order chi connectivity index (χ1) is 15.3. The van der Waals surface area contributed by atoms with E-state index in [1.54, 1.807) is 12.4 Å². The Hall–Kier alpha value is -3.32. The van der Waals surface area contributed by atoms with Gasteiger partial charge in [-0.15, -0.1) is 5.10 Å². The van der Waals surface area contributed by atoms with E-state index >= 15 is 0 Å². The number of pyridine rings is 1. The molecule has 4 heterocycles. The summed E-state index contributed by atoms with van der Waals surface area (Å²) in [7, 11) is 0. The maximum Gasteiger partial charge on any atom is 0.490 e. The minimum Gasteiger partial charge on any atom is -0.475 e. The Morgan fingerprint density at radius 3 is 2.75 bits per heavy atom. The monoisotopic (exact) mass is 469 g/mol. The molecule has 0 saturated carbocycles. The standard InChI is InChI=1S/C17H17N5O2S.C2HF3O2/c23-17(14-3-5-25-11-14)19-6-12-8-22-15(10-24-9-12)16(20-21-22)13-2-1-4-18-7-13;3-2(4,5)1(6)7/h1-5,7,11-12H,6,8-10H2,(H,19,23);(H,6,7). The van der Waals surface area contributed by atoms with Gasteiger partial charge in [-0.05, 0) is 23.6 Å². The van der Waals surface area contributed by atoms with Crippen molar-refractivity contribution < 1.29 is 32.6 Å². The Kier molecular flexibility index (Phi) is 7.53. The topological polar surface area (TPSA) is 119 Å². The highest BCUT2D eigenvalue weighted by molar-refractivity contribution is 7.08. The number of carbonyl (C=O) groups is 2. The number of carboxylic acids is 1. The largest absolute Gasteiger partial charge is 0.490 e. The Morgan fingerprint density at radius 2 is 2.12 bits per heavy atom. The molecule has 0 aliphatic carbocycles. The van der Waals surface area contributed by atoms with Gasteiger partial charge < -0.3 is 15.2 Å². The minimum absolute atomic E-state index is 0.0552. The molecule has 4 rings (SSSR count). The molecule has 9 nitrogen and oxygen atoms in total. The molecular weight excluding hydrogens is 451 g/mol. The van der Waals surface area contributed by atoms with Crippen molar-refractivity contribution in [1.82, 2.24) is 25.3 Å². The second-order valence-corrected chi connectivity index (χ2v) is 7.49. The molecule has 32 heavy (non-hydrogen) atoms. The van der Waals surface area contributed by atoms with Gasteiger partial charge in [0.15, 0.2) is 0 Å². The molecule has 1 aliphatic rings. The van der Waals surface area contributed by atoms with Crippen LogP contribution in [-0.2, 0) is 22.7 Å². The molecule has 13 heteroatoms. The number of aromatic nitrogens is 4. The third kappa shape index (κ3) is 6.11. The predicted octanol–water partition coefficient (Wildman–Crippen LogP) is 2.61. The van der Waals surface area contributed by atoms with Crippen LogP contribution in [0.1, 0.15) is 16.1 Å². The third-order valence-electron chi connectivity index (χ3n) is 4.37. The summed E-state index contributed by atoms with van der Waals surface area (Å²) in [5.41, 5.74) is 3.37. The fraction of sp³-hybridized carbons (Fsp3) is 0.316. The van der Waals surface area contributed by atoms with Crippen molar-refractivity contribution in [2.24, 2.45) is 5.92 Å². The summed E-state index contributed by atoms with van der Waals surface area (Å²) in [5, 5.41) is 22.4. The molecule has 170 valence electrons. The second-order valence-electron chi connectivity index (χ2n) is 6.71. The number of hydrogen-bond acceptors (Lipinski definition) is 7. The summed E-state index contributed by atoms with van der Waals surface area (Å²) in [5.74, 6) is -2.67. The van der Waals surface area contributed by atoms with Crippen molar-refractivity contribution in [2.45, 2.75) is 19.3 Å². The molecule has 1 amide bonds. The number of halogens is 3. The minimum atomic E-state index is -5.08. The van der Waals surface area contributed by atoms with Crippen LogP contribution in [0.4, 0.5) is 13.2 Å². The van der Waals surface area contributed by atoms with Gasteiger partial charge in [0.25, 0.3) is 5.91 Å². The second kappa shape index (κ2) is 10.3. The van der Waals surface area contributed by atoms with Crippen LogP contribution in [0.25, 0.3) is 11.3 Å². The van der Waals surface area contributed by atoms with Crippen LogP contribution in [0.2, 0.25) is 0 Å². The first-order valence-corrected chi connectivity index (χ1v) is 10.2. The van der Waals surface area contributed by atoms with Crippen molar-refractivity contribution in [3.05, 3.63) is 52.6 Å². The number of alkyl halides is 3. The quantitative estimate of drug-likeness (QED) is 0.603. The zero-order valence-electron chi connectivity index (χ0n) is 16.5. The Balaban J connectivity index is 0.000000360. The number of fused-ring (bicyclic) bond motifs is 1. The molecule has 0 fully saturated rings. The molecular formula is C19H18F3N5O4S. The van der Waals surface area contributed by atoms with Crippen molar-refractivity contribution in [3.63, 3.8) is 0 Å². The molecule has 3 aromatic rings. The molecule has 1 unspecified atom stereocenters. The highest BCUT2D eigenvalue weighted by Crippen LogP contribution is 2.23. The van der Waals surface area contributed by atoms with Gasteiger partial charge >= 0.3 is 12.1 Å². The first-order valence-electron chi connectivity index (χ1n) is 9.26. The van der Waals surface area contributed by atoms with E-state index in [0.29, 0.717) is 31.9 Å². The van der Waals surface area contributed by atoms with E-state index in [1.165, 1.54) is 11.3 Å². The zero-order chi connectivity index (χ0) is 23.1. The van der Waals surface area contributed by atoms with Crippen LogP contribution >= 0.6 is 11.3 Å². The number of nitrogens with zero attached hydrogens (tertiary/aromatic N) is 4. The van der Waals surface area contributed by atoms with Crippen LogP contribution < -0.4 is 5.32 Å². The summed E-state index contributed by atoms with van der Waals surface area (Å²) >= 11 is 1.51. The van der Waals surface area contributed by atoms with Gasteiger partial charge in [-0.2, -0.15) is 24.5 Å². The lowest BCUT2D eigenvalue weighted by atomic mass is 10.1. The van der Waals surface area contributed by atoms with Crippen molar-refractivity contribution >= 4 is 23.2 Å². The summed E-state index contributed by atoms with van der Waals surface area (Å²) in [6.07, 6.45) is -1.58. The number of aliphatic carboxylic acids is 1. The number of amides is 1. The van der Waals surface area contributed by atoms with E-state index in [0.717, 1.165) is 17.0 Å². The Bertz CT molecular complexity index is 1040. The van der Waals surface area contributed by atoms with E-state index < -0.39 is 12.1 Å². The highest BCUT2D eigenvalue weighted by Gasteiger charge is 2.38. The fourth-order valence-electron chi connectivity index (χ4n) is 2.83. The molecule has 0 radical (unpaired) electrons. The van der Waals surface area contributed by atoms with Crippen LogP contribution in [-0.4, -0.2) is 56.3 Å². The number of thiophene rings is 1. The molecule has 3 aromatic heterocycles. The lowest BCUT2D eigenvalue weighted by Crippen LogP contribution is -2.32. The van der Waals surface area contributed by atoms with Crippen molar-refractivity contribution in [1.29, 1.82) is 0 Å². The number of hydrogen-bond donors (Lipinski definition) is 2. The van der Waals surface area contributed by atoms with Crippen molar-refractivity contribution in [3.8, 4) is 11.3 Å². The van der Waals surface area contributed by atoms with E-state index in [1.807, 2.05) is 33.6 Å². The molecule has 0 aromatic carbocycles. The van der Waals surface area contributed by atoms with Gasteiger partial charge in [0, 0.05) is 47.9 Å². The van der Waals surface area contributed by atoms with E-state index in [2.05, 4.69) is 20.6 Å². The average molecular weight is 469 g/mol. The van der Waals surface area contributed by atoms with E-state index in [4.69, 9.17) is 14.6 Å². The normalized spacial score (nSPS) is 15.7. The fourth-order valence-corrected chi connectivity index (χ4v) is 3.46. The van der Waals surface area contributed by atoms with Crippen LogP contribution in [0, 0.1) is 5.92 Å². The maximum atomic E-state index is 12.1. The molecule has 1 aliphatic heterocycles. The zero-order valence-corrected chi connectivity index (χ0v) is 17.3. The number of carbonyl (C=O) groups excluding carboxylic acids is 1. The summed E-state index contributed by atoms with van der Waals surface area (Å²) in [6, 6.07) is 5.65. The van der Waals surface area contributed by atoms with Crippen LogP contribution in [0.5, 0.6) is 0 Å². The predicted molar refractivity (Wildman–Crippen MR) is 107 cm³/mol. The SMILES string of the molecule is O=C(NCC1COCc2c(-c3cccnc3)nnn2C1)c1ccsc1.O=C(O)C(F)(F)F. The van der Waals surface area contributed by atoms with E-state index in [-0.39, 0.29) is 11.8 Å². The molecule has 0 saturated heterocycles. The van der Waals surface area contributed by atoms with Gasteiger partial charge in [-0.1, -0.05) is 5.21 Å². The summed E-state index contributed by atoms with van der Waals surface area (Å²) in [4.78, 5) is 25.1. The smallest absolute Gasteiger partial charge is 0.475 e. The van der Waals surface area contributed by atoms with E-state index in [9.17, 15) is 18.0 Å². The summed E-state index contributed by atoms with van der Waals surface area (Å²) in [6.45, 7) is 2.22. The van der Waals surface area contributed by atoms with Gasteiger partial charge in [0.05, 0.1) is 18.9 Å². The van der Waals surface area contributed by atoms with Gasteiger partial charge in [0.2, 0.25) is 0 Å². The van der Waals surface area contributed by atoms with Gasteiger partial charge in [0.1, 0.15) is 5.69 Å². The van der Waals surface area contributed by atoms with Crippen LogP contribution in [0.3, 0.4) is 0 Å². The first kappa shape index (κ1) is 23.3. The highest BCUT2D eigenvalue weighted by atomic mass is 32.1. The molecule has 0 bridgehead atoms. The number of ether oxygens (including phenoxy) is 1. The van der Waals surface area contributed by atoms with Gasteiger partial charge in [-0.3, -0.25) is 9.78 Å². The molecule has 0 spiro atoms. The number of rotatable bonds is 4. The maximum absolute atomic E-state index is 12.1. The average Bonchev–Trinajstić information content (AvgIpc) is 3.39. The molecule has 2 N–H and O–H groups in total. The number of carboxylic acid groups (broad SMARTS) is 1. The lowest BCUT2D eigenvalue weighted by Gasteiger charge is -2.14. The number of nitrogens with one attached hydrogen (secondary N) is 1. The van der Waals surface area contributed by atoms with Gasteiger partial charge in [-0.25, -0.2) is 9.48 Å².